The van der Waals surface area contributed by atoms with Gasteiger partial charge < -0.3 is 9.64 Å². The lowest BCUT2D eigenvalue weighted by molar-refractivity contribution is -0.149. The molecule has 2 rings (SSSR count). The zero-order valence-corrected chi connectivity index (χ0v) is 13.3. The van der Waals surface area contributed by atoms with E-state index in [-0.39, 0.29) is 11.9 Å². The first-order chi connectivity index (χ1) is 10.1. The number of rotatable bonds is 7. The quantitative estimate of drug-likeness (QED) is 0.733. The van der Waals surface area contributed by atoms with Gasteiger partial charge in [-0.25, -0.2) is 0 Å². The minimum absolute atomic E-state index is 0.127. The van der Waals surface area contributed by atoms with Gasteiger partial charge in [0.25, 0.3) is 0 Å². The molecule has 0 saturated heterocycles. The average molecular weight is 303 g/mol. The molecule has 1 heterocycles. The first-order valence-corrected chi connectivity index (χ1v) is 7.99. The topological polar surface area (TPSA) is 29.5 Å². The summed E-state index contributed by atoms with van der Waals surface area (Å²) in [7, 11) is 2.03. The van der Waals surface area contributed by atoms with Gasteiger partial charge in [-0.15, -0.1) is 0 Å². The highest BCUT2D eigenvalue weighted by atomic mass is 32.1. The number of benzene rings is 1. The summed E-state index contributed by atoms with van der Waals surface area (Å²) in [5.74, 6) is -0.270. The molecular formula is C17H21NO2S. The van der Waals surface area contributed by atoms with Crippen molar-refractivity contribution in [2.24, 2.45) is 5.92 Å². The van der Waals surface area contributed by atoms with Crippen LogP contribution in [0.2, 0.25) is 0 Å². The summed E-state index contributed by atoms with van der Waals surface area (Å²) < 4.78 is 5.36. The minimum Gasteiger partial charge on any atom is -0.461 e. The first-order valence-electron chi connectivity index (χ1n) is 7.05. The van der Waals surface area contributed by atoms with E-state index in [9.17, 15) is 4.79 Å². The smallest absolute Gasteiger partial charge is 0.310 e. The summed E-state index contributed by atoms with van der Waals surface area (Å²) in [6, 6.07) is 11.9. The van der Waals surface area contributed by atoms with Gasteiger partial charge >= 0.3 is 5.97 Å². The second-order valence-corrected chi connectivity index (χ2v) is 6.10. The predicted molar refractivity (Wildman–Crippen MR) is 86.1 cm³/mol. The molecule has 0 bridgehead atoms. The molecule has 0 fully saturated rings. The Morgan fingerprint density at radius 2 is 2.00 bits per heavy atom. The Hall–Kier alpha value is -1.65. The standard InChI is InChI=1S/C17H21NO2S/c1-14(10-18(2)11-16-8-9-21-13-16)17(19)20-12-15-6-4-3-5-7-15/h3-9,13-14H,10-12H2,1-2H3. The number of nitrogens with zero attached hydrogens (tertiary/aromatic N) is 1. The van der Waals surface area contributed by atoms with Gasteiger partial charge in [0.15, 0.2) is 0 Å². The molecule has 112 valence electrons. The lowest BCUT2D eigenvalue weighted by Gasteiger charge is -2.20. The van der Waals surface area contributed by atoms with Crippen molar-refractivity contribution >= 4 is 17.3 Å². The van der Waals surface area contributed by atoms with E-state index in [4.69, 9.17) is 4.74 Å². The van der Waals surface area contributed by atoms with E-state index in [1.807, 2.05) is 44.3 Å². The number of carbonyl (C=O) groups is 1. The lowest BCUT2D eigenvalue weighted by atomic mass is 10.1. The van der Waals surface area contributed by atoms with Gasteiger partial charge in [-0.1, -0.05) is 37.3 Å². The molecular weight excluding hydrogens is 282 g/mol. The molecule has 21 heavy (non-hydrogen) atoms. The van der Waals surface area contributed by atoms with Crippen LogP contribution in [-0.2, 0) is 22.7 Å². The van der Waals surface area contributed by atoms with Crippen molar-refractivity contribution in [2.45, 2.75) is 20.1 Å². The molecule has 0 aliphatic heterocycles. The minimum atomic E-state index is -0.143. The van der Waals surface area contributed by atoms with E-state index < -0.39 is 0 Å². The van der Waals surface area contributed by atoms with Gasteiger partial charge in [-0.2, -0.15) is 11.3 Å². The zero-order valence-electron chi connectivity index (χ0n) is 12.5. The number of hydrogen-bond acceptors (Lipinski definition) is 4. The Balaban J connectivity index is 1.74. The SMILES string of the molecule is CC(CN(C)Cc1ccsc1)C(=O)OCc1ccccc1. The number of esters is 1. The second-order valence-electron chi connectivity index (χ2n) is 5.32. The number of thiophene rings is 1. The fraction of sp³-hybridized carbons (Fsp3) is 0.353. The summed E-state index contributed by atoms with van der Waals surface area (Å²) in [4.78, 5) is 14.2. The van der Waals surface area contributed by atoms with Crippen molar-refractivity contribution in [1.82, 2.24) is 4.90 Å². The third-order valence-corrected chi connectivity index (χ3v) is 3.98. The molecule has 0 saturated carbocycles. The van der Waals surface area contributed by atoms with Crippen LogP contribution in [0.25, 0.3) is 0 Å². The predicted octanol–water partition coefficient (Wildman–Crippen LogP) is 3.56. The third kappa shape index (κ3) is 5.33. The molecule has 0 aliphatic carbocycles. The number of ether oxygens (including phenoxy) is 1. The Morgan fingerprint density at radius 1 is 1.24 bits per heavy atom. The van der Waals surface area contributed by atoms with Crippen LogP contribution in [0.1, 0.15) is 18.1 Å². The first kappa shape index (κ1) is 15.7. The van der Waals surface area contributed by atoms with Crippen molar-refractivity contribution in [3.8, 4) is 0 Å². The molecule has 2 aromatic rings. The van der Waals surface area contributed by atoms with Gasteiger partial charge in [-0.3, -0.25) is 4.79 Å². The highest BCUT2D eigenvalue weighted by molar-refractivity contribution is 7.07. The molecule has 0 radical (unpaired) electrons. The van der Waals surface area contributed by atoms with Gasteiger partial charge in [0.2, 0.25) is 0 Å². The van der Waals surface area contributed by atoms with Crippen LogP contribution in [0, 0.1) is 5.92 Å². The Labute approximate surface area is 130 Å². The van der Waals surface area contributed by atoms with Crippen molar-refractivity contribution in [3.05, 3.63) is 58.3 Å². The Kier molecular flexibility index (Phi) is 5.96. The molecule has 1 unspecified atom stereocenters. The van der Waals surface area contributed by atoms with E-state index in [1.54, 1.807) is 11.3 Å². The molecule has 4 heteroatoms. The molecule has 0 amide bonds. The zero-order chi connectivity index (χ0) is 15.1. The van der Waals surface area contributed by atoms with E-state index in [1.165, 1.54) is 5.56 Å². The summed E-state index contributed by atoms with van der Waals surface area (Å²) in [6.45, 7) is 3.82. The Bertz CT molecular complexity index is 539. The molecule has 1 aromatic carbocycles. The van der Waals surface area contributed by atoms with Gasteiger partial charge in [0, 0.05) is 13.1 Å². The fourth-order valence-electron chi connectivity index (χ4n) is 2.17. The molecule has 0 aliphatic rings. The lowest BCUT2D eigenvalue weighted by Crippen LogP contribution is -2.29. The van der Waals surface area contributed by atoms with Crippen molar-refractivity contribution in [2.75, 3.05) is 13.6 Å². The summed E-state index contributed by atoms with van der Waals surface area (Å²) in [6.07, 6.45) is 0. The van der Waals surface area contributed by atoms with E-state index in [0.717, 1.165) is 12.1 Å². The van der Waals surface area contributed by atoms with Gasteiger partial charge in [0.05, 0.1) is 5.92 Å². The summed E-state index contributed by atoms with van der Waals surface area (Å²) in [5.41, 5.74) is 2.30. The summed E-state index contributed by atoms with van der Waals surface area (Å²) >= 11 is 1.69. The Morgan fingerprint density at radius 3 is 2.67 bits per heavy atom. The van der Waals surface area contributed by atoms with E-state index >= 15 is 0 Å². The maximum Gasteiger partial charge on any atom is 0.310 e. The van der Waals surface area contributed by atoms with Crippen LogP contribution in [0.5, 0.6) is 0 Å². The monoisotopic (exact) mass is 303 g/mol. The van der Waals surface area contributed by atoms with Crippen molar-refractivity contribution < 1.29 is 9.53 Å². The van der Waals surface area contributed by atoms with Crippen LogP contribution in [0.4, 0.5) is 0 Å². The number of hydrogen-bond donors (Lipinski definition) is 0. The molecule has 0 spiro atoms. The van der Waals surface area contributed by atoms with Gasteiger partial charge in [-0.05, 0) is 35.0 Å². The fourth-order valence-corrected chi connectivity index (χ4v) is 2.83. The van der Waals surface area contributed by atoms with E-state index in [2.05, 4.69) is 21.7 Å². The van der Waals surface area contributed by atoms with Crippen LogP contribution in [0.3, 0.4) is 0 Å². The highest BCUT2D eigenvalue weighted by Gasteiger charge is 2.17. The largest absolute Gasteiger partial charge is 0.461 e. The summed E-state index contributed by atoms with van der Waals surface area (Å²) in [5, 5.41) is 4.20. The molecule has 0 N–H and O–H groups in total. The molecule has 3 nitrogen and oxygen atoms in total. The number of carbonyl (C=O) groups excluding carboxylic acids is 1. The van der Waals surface area contributed by atoms with Crippen LogP contribution < -0.4 is 0 Å². The maximum atomic E-state index is 12.0. The van der Waals surface area contributed by atoms with Crippen LogP contribution >= 0.6 is 11.3 Å². The molecule has 1 aromatic heterocycles. The second kappa shape index (κ2) is 7.96. The van der Waals surface area contributed by atoms with Crippen LogP contribution in [0.15, 0.2) is 47.2 Å². The van der Waals surface area contributed by atoms with Crippen LogP contribution in [-0.4, -0.2) is 24.5 Å². The highest BCUT2D eigenvalue weighted by Crippen LogP contribution is 2.11. The third-order valence-electron chi connectivity index (χ3n) is 3.24. The van der Waals surface area contributed by atoms with Crippen molar-refractivity contribution in [3.63, 3.8) is 0 Å². The van der Waals surface area contributed by atoms with E-state index in [0.29, 0.717) is 13.2 Å². The maximum absolute atomic E-state index is 12.0. The normalized spacial score (nSPS) is 12.3. The molecule has 1 atom stereocenters. The average Bonchev–Trinajstić information content (AvgIpc) is 2.98. The van der Waals surface area contributed by atoms with Crippen molar-refractivity contribution in [1.29, 1.82) is 0 Å². The van der Waals surface area contributed by atoms with Gasteiger partial charge in [0.1, 0.15) is 6.61 Å².